The van der Waals surface area contributed by atoms with Crippen LogP contribution in [0.25, 0.3) is 0 Å². The van der Waals surface area contributed by atoms with Crippen molar-refractivity contribution >= 4 is 5.82 Å². The van der Waals surface area contributed by atoms with Gasteiger partial charge < -0.3 is 20.8 Å². The highest BCUT2D eigenvalue weighted by atomic mass is 16.3. The van der Waals surface area contributed by atoms with Crippen molar-refractivity contribution in [1.29, 1.82) is 0 Å². The topological polar surface area (TPSA) is 103 Å². The SMILES string of the molecule is Cc1nc(NCc2c(CO)cnc(C)c2O)cc(C2CCNCC2)n1. The molecular weight excluding hydrogens is 318 g/mol. The van der Waals surface area contributed by atoms with Crippen molar-refractivity contribution in [2.75, 3.05) is 18.4 Å². The lowest BCUT2D eigenvalue weighted by Crippen LogP contribution is -2.27. The molecule has 1 fully saturated rings. The second kappa shape index (κ2) is 7.76. The van der Waals surface area contributed by atoms with Gasteiger partial charge in [-0.15, -0.1) is 0 Å². The van der Waals surface area contributed by atoms with E-state index in [1.54, 1.807) is 13.1 Å². The van der Waals surface area contributed by atoms with Crippen LogP contribution in [-0.4, -0.2) is 38.3 Å². The van der Waals surface area contributed by atoms with E-state index in [0.717, 1.165) is 43.3 Å². The molecule has 0 amide bonds. The number of aliphatic hydroxyl groups excluding tert-OH is 1. The van der Waals surface area contributed by atoms with Gasteiger partial charge in [0.25, 0.3) is 0 Å². The van der Waals surface area contributed by atoms with E-state index in [9.17, 15) is 10.2 Å². The van der Waals surface area contributed by atoms with Crippen LogP contribution in [0.3, 0.4) is 0 Å². The Kier molecular flexibility index (Phi) is 5.45. The zero-order valence-corrected chi connectivity index (χ0v) is 14.7. The third kappa shape index (κ3) is 4.05. The Bertz CT molecular complexity index is 744. The third-order valence-electron chi connectivity index (χ3n) is 4.66. The number of piperidine rings is 1. The molecule has 2 aromatic heterocycles. The number of aliphatic hydroxyl groups is 1. The van der Waals surface area contributed by atoms with Gasteiger partial charge in [0.15, 0.2) is 0 Å². The Morgan fingerprint density at radius 2 is 2.00 bits per heavy atom. The molecule has 134 valence electrons. The highest BCUT2D eigenvalue weighted by Crippen LogP contribution is 2.27. The van der Waals surface area contributed by atoms with Crippen LogP contribution in [0.5, 0.6) is 5.75 Å². The number of aryl methyl sites for hydroxylation is 2. The summed E-state index contributed by atoms with van der Waals surface area (Å²) in [7, 11) is 0. The molecule has 2 aromatic rings. The second-order valence-corrected chi connectivity index (χ2v) is 6.46. The third-order valence-corrected chi connectivity index (χ3v) is 4.66. The minimum atomic E-state index is -0.166. The zero-order chi connectivity index (χ0) is 17.8. The van der Waals surface area contributed by atoms with E-state index in [2.05, 4.69) is 25.6 Å². The minimum absolute atomic E-state index is 0.114. The molecule has 1 aliphatic rings. The lowest BCUT2D eigenvalue weighted by atomic mass is 9.94. The van der Waals surface area contributed by atoms with Crippen LogP contribution in [0, 0.1) is 13.8 Å². The van der Waals surface area contributed by atoms with Crippen molar-refractivity contribution < 1.29 is 10.2 Å². The molecule has 3 rings (SSSR count). The van der Waals surface area contributed by atoms with E-state index in [0.29, 0.717) is 29.3 Å². The van der Waals surface area contributed by atoms with E-state index >= 15 is 0 Å². The first-order valence-corrected chi connectivity index (χ1v) is 8.66. The normalized spacial score (nSPS) is 15.3. The lowest BCUT2D eigenvalue weighted by Gasteiger charge is -2.22. The number of aromatic hydroxyl groups is 1. The molecule has 0 bridgehead atoms. The number of aromatic nitrogens is 3. The Morgan fingerprint density at radius 1 is 1.24 bits per heavy atom. The molecule has 25 heavy (non-hydrogen) atoms. The van der Waals surface area contributed by atoms with Crippen molar-refractivity contribution in [2.45, 2.75) is 45.8 Å². The van der Waals surface area contributed by atoms with Gasteiger partial charge in [0.2, 0.25) is 0 Å². The second-order valence-electron chi connectivity index (χ2n) is 6.46. The van der Waals surface area contributed by atoms with Crippen LogP contribution in [0.2, 0.25) is 0 Å². The number of nitrogens with one attached hydrogen (secondary N) is 2. The zero-order valence-electron chi connectivity index (χ0n) is 14.7. The fourth-order valence-corrected chi connectivity index (χ4v) is 3.20. The van der Waals surface area contributed by atoms with Crippen LogP contribution in [-0.2, 0) is 13.2 Å². The van der Waals surface area contributed by atoms with Crippen molar-refractivity contribution in [2.24, 2.45) is 0 Å². The van der Waals surface area contributed by atoms with Crippen LogP contribution in [0.15, 0.2) is 12.3 Å². The lowest BCUT2D eigenvalue weighted by molar-refractivity contribution is 0.279. The Hall–Kier alpha value is -2.25. The van der Waals surface area contributed by atoms with Crippen LogP contribution in [0.1, 0.15) is 47.1 Å². The summed E-state index contributed by atoms with van der Waals surface area (Å²) in [6.07, 6.45) is 3.75. The minimum Gasteiger partial charge on any atom is -0.506 e. The molecule has 7 nitrogen and oxygen atoms in total. The predicted molar refractivity (Wildman–Crippen MR) is 95.5 cm³/mol. The molecule has 1 saturated heterocycles. The first kappa shape index (κ1) is 17.6. The fraction of sp³-hybridized carbons (Fsp3) is 0.500. The number of nitrogens with zero attached hydrogens (tertiary/aromatic N) is 3. The summed E-state index contributed by atoms with van der Waals surface area (Å²) in [6, 6.07) is 1.99. The van der Waals surface area contributed by atoms with Gasteiger partial charge in [-0.3, -0.25) is 4.98 Å². The van der Waals surface area contributed by atoms with Gasteiger partial charge in [-0.1, -0.05) is 0 Å². The Balaban J connectivity index is 1.80. The van der Waals surface area contributed by atoms with Gasteiger partial charge in [0.05, 0.1) is 12.3 Å². The van der Waals surface area contributed by atoms with Gasteiger partial charge >= 0.3 is 0 Å². The summed E-state index contributed by atoms with van der Waals surface area (Å²) in [4.78, 5) is 13.1. The number of rotatable bonds is 5. The van der Waals surface area contributed by atoms with Crippen LogP contribution < -0.4 is 10.6 Å². The number of pyridine rings is 1. The van der Waals surface area contributed by atoms with Crippen LogP contribution >= 0.6 is 0 Å². The molecule has 0 aromatic carbocycles. The first-order chi connectivity index (χ1) is 12.1. The van der Waals surface area contributed by atoms with E-state index in [1.165, 1.54) is 0 Å². The number of hydrogen-bond donors (Lipinski definition) is 4. The Labute approximate surface area is 147 Å². The maximum Gasteiger partial charge on any atom is 0.142 e. The molecule has 7 heteroatoms. The highest BCUT2D eigenvalue weighted by Gasteiger charge is 2.18. The summed E-state index contributed by atoms with van der Waals surface area (Å²) in [5.74, 6) is 2.03. The number of hydrogen-bond acceptors (Lipinski definition) is 7. The van der Waals surface area contributed by atoms with Crippen molar-refractivity contribution in [3.8, 4) is 5.75 Å². The van der Waals surface area contributed by atoms with Gasteiger partial charge in [0, 0.05) is 41.5 Å². The summed E-state index contributed by atoms with van der Waals surface area (Å²) in [6.45, 7) is 5.86. The smallest absolute Gasteiger partial charge is 0.142 e. The van der Waals surface area contributed by atoms with E-state index < -0.39 is 0 Å². The average molecular weight is 343 g/mol. The maximum atomic E-state index is 10.2. The number of anilines is 1. The van der Waals surface area contributed by atoms with Gasteiger partial charge in [0.1, 0.15) is 17.4 Å². The van der Waals surface area contributed by atoms with E-state index in [-0.39, 0.29) is 12.4 Å². The molecule has 0 atom stereocenters. The van der Waals surface area contributed by atoms with Gasteiger partial charge in [-0.2, -0.15) is 0 Å². The molecule has 3 heterocycles. The summed E-state index contributed by atoms with van der Waals surface area (Å²) in [5, 5.41) is 26.4. The maximum absolute atomic E-state index is 10.2. The van der Waals surface area contributed by atoms with E-state index in [4.69, 9.17) is 0 Å². The van der Waals surface area contributed by atoms with Crippen LogP contribution in [0.4, 0.5) is 5.82 Å². The molecule has 0 saturated carbocycles. The molecule has 1 aliphatic heterocycles. The molecule has 0 radical (unpaired) electrons. The van der Waals surface area contributed by atoms with Gasteiger partial charge in [-0.25, -0.2) is 9.97 Å². The summed E-state index contributed by atoms with van der Waals surface area (Å²) in [5.41, 5.74) is 2.87. The fourth-order valence-electron chi connectivity index (χ4n) is 3.20. The van der Waals surface area contributed by atoms with Crippen molar-refractivity contribution in [1.82, 2.24) is 20.3 Å². The molecule has 0 aliphatic carbocycles. The quantitative estimate of drug-likeness (QED) is 0.656. The highest BCUT2D eigenvalue weighted by molar-refractivity contribution is 5.45. The summed E-state index contributed by atoms with van der Waals surface area (Å²) < 4.78 is 0. The largest absolute Gasteiger partial charge is 0.506 e. The molecular formula is C18H25N5O2. The standard InChI is InChI=1S/C18H25N5O2/c1-11-18(25)15(14(10-24)8-20-11)9-21-17-7-16(22-12(2)23-17)13-3-5-19-6-4-13/h7-8,13,19,24-25H,3-6,9-10H2,1-2H3,(H,21,22,23). The summed E-state index contributed by atoms with van der Waals surface area (Å²) >= 11 is 0. The predicted octanol–water partition coefficient (Wildman–Crippen LogP) is 1.77. The first-order valence-electron chi connectivity index (χ1n) is 8.66. The molecule has 0 unspecified atom stereocenters. The van der Waals surface area contributed by atoms with Crippen molar-refractivity contribution in [3.05, 3.63) is 40.6 Å². The van der Waals surface area contributed by atoms with Crippen molar-refractivity contribution in [3.63, 3.8) is 0 Å². The molecule has 0 spiro atoms. The Morgan fingerprint density at radius 3 is 2.72 bits per heavy atom. The molecule has 4 N–H and O–H groups in total. The average Bonchev–Trinajstić information content (AvgIpc) is 2.63. The van der Waals surface area contributed by atoms with Gasteiger partial charge in [-0.05, 0) is 39.8 Å². The van der Waals surface area contributed by atoms with E-state index in [1.807, 2.05) is 13.0 Å². The monoisotopic (exact) mass is 343 g/mol.